The molecule has 8 aromatic rings. The van der Waals surface area contributed by atoms with E-state index in [0.29, 0.717) is 32.3 Å². The van der Waals surface area contributed by atoms with E-state index in [1.54, 1.807) is 47.8 Å². The monoisotopic (exact) mass is 1430 g/mol. The Morgan fingerprint density at radius 2 is 0.863 bits per heavy atom. The molecule has 13 rings (SSSR count). The number of carbonyl (C=O) groups is 2. The maximum Gasteiger partial charge on any atom is 0.194 e. The van der Waals surface area contributed by atoms with Gasteiger partial charge in [-0.1, -0.05) is 230 Å². The Kier molecular flexibility index (Phi) is 21.3. The zero-order valence-corrected chi connectivity index (χ0v) is 63.0. The number of ketones is 2. The van der Waals surface area contributed by atoms with Crippen molar-refractivity contribution in [1.29, 1.82) is 21.0 Å². The van der Waals surface area contributed by atoms with Gasteiger partial charge in [0.1, 0.15) is 35.4 Å². The van der Waals surface area contributed by atoms with Crippen LogP contribution < -0.4 is 0 Å². The number of Topliss-reactive ketones (excluding diaryl/α,β-unsaturated/α-hetero) is 2. The van der Waals surface area contributed by atoms with Crippen molar-refractivity contribution in [2.24, 2.45) is 0 Å². The fraction of sp³-hybridized carbons (Fsp3) is 0.319. The van der Waals surface area contributed by atoms with E-state index in [9.17, 15) is 21.0 Å². The molecule has 6 aromatic carbocycles. The molecule has 6 nitrogen and oxygen atoms in total. The number of unbranched alkanes of at least 4 members (excludes halogenated alkanes) is 13. The lowest BCUT2D eigenvalue weighted by atomic mass is 9.65. The fourth-order valence-electron chi connectivity index (χ4n) is 16.5. The van der Waals surface area contributed by atoms with Crippen molar-refractivity contribution in [2.45, 2.75) is 186 Å². The number of nitrogens with zero attached hydrogens (tertiary/aromatic N) is 4. The van der Waals surface area contributed by atoms with Crippen molar-refractivity contribution in [2.75, 3.05) is 0 Å². The van der Waals surface area contributed by atoms with Crippen LogP contribution in [0, 0.1) is 59.2 Å². The molecule has 5 aliphatic carbocycles. The highest BCUT2D eigenvalue weighted by molar-refractivity contribution is 7.17. The SMILES string of the molecule is CCCCCCCCc1ccc(C2(c3ccc(C)cc3)c3cc4c(cc3-c3sc(/C=C5\C(=O)C6=C(C=C(Cl)C(C)(Cl)C6)C5=C(C#N)C#N)cc32)C(c2ccc(CCCCCC)cc2)(c2ccc(CCCCCCCC)cc2)c2cc(/C=C3\C(=O)c5cc(C)c(Cl)cc5C3=C(C#N)C#N)sc2-4)cc1. The summed E-state index contributed by atoms with van der Waals surface area (Å²) in [4.78, 5) is 32.8. The van der Waals surface area contributed by atoms with Crippen molar-refractivity contribution in [3.63, 3.8) is 0 Å². The Labute approximate surface area is 625 Å². The number of allylic oxidation sites excluding steroid dienone is 10. The van der Waals surface area contributed by atoms with E-state index in [4.69, 9.17) is 34.8 Å². The van der Waals surface area contributed by atoms with Gasteiger partial charge in [0.2, 0.25) is 0 Å². The summed E-state index contributed by atoms with van der Waals surface area (Å²) in [7, 11) is 0. The van der Waals surface area contributed by atoms with Gasteiger partial charge in [0.15, 0.2) is 11.6 Å². The molecular formula is C91H83Cl3N4O2S2. The van der Waals surface area contributed by atoms with E-state index in [0.717, 1.165) is 138 Å². The summed E-state index contributed by atoms with van der Waals surface area (Å²) in [6.45, 7) is 12.5. The minimum atomic E-state index is -1.05. The molecule has 0 saturated heterocycles. The Morgan fingerprint density at radius 1 is 0.471 bits per heavy atom. The third-order valence-corrected chi connectivity index (χ3v) is 25.5. The van der Waals surface area contributed by atoms with Gasteiger partial charge in [0, 0.05) is 69.4 Å². The summed E-state index contributed by atoms with van der Waals surface area (Å²) < 4.78 is 0. The Balaban J connectivity index is 1.09. The van der Waals surface area contributed by atoms with E-state index < -0.39 is 15.7 Å². The standard InChI is InChI=1S/C91H83Cl3N4O2S2/c1-7-10-13-16-18-21-24-59-30-36-64(37-31-59)90(63-34-26-56(4)27-35-63)77-47-73-78(48-72(77)87-79(90)46-68(102-87)44-75-84(62(54-97)55-98)70-50-82(93)89(6,94)51-76(70)86(75)100)91(65-38-28-58(29-39-65)23-20-15-12-9-3,66-40-32-60(33-41-66)25-22-19-17-14-11-8-2)80-45-67(101-88(73)80)43-74-83(61(52-95)53-96)69-49-81(92)57(5)42-71(69)85(74)99/h26-50H,7-25,51H2,1-6H3/b74-43-,75-44-. The summed E-state index contributed by atoms with van der Waals surface area (Å²) in [6.07, 6.45) is 27.5. The number of rotatable bonds is 25. The van der Waals surface area contributed by atoms with Crippen LogP contribution in [0.15, 0.2) is 184 Å². The van der Waals surface area contributed by atoms with Crippen LogP contribution in [-0.4, -0.2) is 16.4 Å². The summed E-state index contributed by atoms with van der Waals surface area (Å²) in [5.74, 6) is -0.554. The second-order valence-corrected chi connectivity index (χ2v) is 32.5. The molecule has 0 saturated carbocycles. The lowest BCUT2D eigenvalue weighted by Crippen LogP contribution is -2.30. The average Bonchev–Trinajstić information content (AvgIpc) is 1.50. The molecule has 0 radical (unpaired) electrons. The largest absolute Gasteiger partial charge is 0.289 e. The van der Waals surface area contributed by atoms with Crippen molar-refractivity contribution in [3.8, 4) is 45.2 Å². The fourth-order valence-corrected chi connectivity index (χ4v) is 19.4. The van der Waals surface area contributed by atoms with Crippen molar-refractivity contribution in [1.82, 2.24) is 0 Å². The lowest BCUT2D eigenvalue weighted by Gasteiger charge is -2.35. The second kappa shape index (κ2) is 30.3. The quantitative estimate of drug-likeness (QED) is 0.0242. The second-order valence-electron chi connectivity index (χ2n) is 28.7. The number of carbonyl (C=O) groups excluding carboxylic acids is 2. The van der Waals surface area contributed by atoms with Gasteiger partial charge in [-0.3, -0.25) is 9.59 Å². The Morgan fingerprint density at radius 3 is 1.29 bits per heavy atom. The number of aryl methyl sites for hydroxylation is 5. The van der Waals surface area contributed by atoms with Crippen LogP contribution in [0.2, 0.25) is 5.02 Å². The molecule has 0 spiro atoms. The van der Waals surface area contributed by atoms with E-state index in [1.807, 2.05) is 19.1 Å². The smallest absolute Gasteiger partial charge is 0.194 e. The summed E-state index contributed by atoms with van der Waals surface area (Å²) in [5, 5.41) is 43.3. The van der Waals surface area contributed by atoms with Crippen LogP contribution in [0.25, 0.3) is 38.6 Å². The first-order valence-corrected chi connectivity index (χ1v) is 39.3. The maximum absolute atomic E-state index is 15.1. The van der Waals surface area contributed by atoms with Crippen molar-refractivity contribution >= 4 is 86.8 Å². The normalized spacial score (nSPS) is 19.1. The number of hydrogen-bond donors (Lipinski definition) is 0. The zero-order chi connectivity index (χ0) is 71.6. The third kappa shape index (κ3) is 12.9. The van der Waals surface area contributed by atoms with Crippen LogP contribution in [-0.2, 0) is 34.9 Å². The van der Waals surface area contributed by atoms with Gasteiger partial charge in [-0.2, -0.15) is 21.0 Å². The number of fused-ring (bicyclic) bond motifs is 7. The number of thiophene rings is 2. The molecule has 3 atom stereocenters. The van der Waals surface area contributed by atoms with Gasteiger partial charge in [0.05, 0.1) is 15.7 Å². The molecule has 2 aromatic heterocycles. The minimum Gasteiger partial charge on any atom is -0.289 e. The Bertz CT molecular complexity index is 5030. The summed E-state index contributed by atoms with van der Waals surface area (Å²) in [5.41, 5.74) is 17.1. The molecule has 5 aliphatic rings. The van der Waals surface area contributed by atoms with Gasteiger partial charge in [0.25, 0.3) is 0 Å². The minimum absolute atomic E-state index is 0.131. The van der Waals surface area contributed by atoms with E-state index in [2.05, 4.69) is 173 Å². The van der Waals surface area contributed by atoms with E-state index >= 15 is 9.59 Å². The number of benzene rings is 6. The molecule has 3 unspecified atom stereocenters. The van der Waals surface area contributed by atoms with Crippen LogP contribution >= 0.6 is 57.5 Å². The molecule has 0 aliphatic heterocycles. The topological polar surface area (TPSA) is 129 Å². The molecule has 0 fully saturated rings. The highest BCUT2D eigenvalue weighted by atomic mass is 35.5. The average molecular weight is 1440 g/mol. The van der Waals surface area contributed by atoms with Crippen molar-refractivity contribution < 1.29 is 9.59 Å². The van der Waals surface area contributed by atoms with Crippen LogP contribution in [0.1, 0.15) is 235 Å². The molecular weight excluding hydrogens is 1350 g/mol. The van der Waals surface area contributed by atoms with Crippen LogP contribution in [0.4, 0.5) is 0 Å². The first-order chi connectivity index (χ1) is 49.5. The summed E-state index contributed by atoms with van der Waals surface area (Å²) in [6, 6.07) is 58.3. The third-order valence-electron chi connectivity index (χ3n) is 21.9. The highest BCUT2D eigenvalue weighted by Gasteiger charge is 2.54. The number of nitriles is 4. The zero-order valence-electron chi connectivity index (χ0n) is 59.1. The molecule has 0 bridgehead atoms. The van der Waals surface area contributed by atoms with E-state index in [-0.39, 0.29) is 51.4 Å². The Hall–Kier alpha value is -8.67. The highest BCUT2D eigenvalue weighted by Crippen LogP contribution is 2.66. The predicted molar refractivity (Wildman–Crippen MR) is 421 cm³/mol. The molecule has 512 valence electrons. The molecule has 102 heavy (non-hydrogen) atoms. The maximum atomic E-state index is 15.1. The van der Waals surface area contributed by atoms with Gasteiger partial charge in [-0.15, -0.1) is 34.3 Å². The molecule has 0 amide bonds. The van der Waals surface area contributed by atoms with Crippen LogP contribution in [0.5, 0.6) is 0 Å². The van der Waals surface area contributed by atoms with Crippen molar-refractivity contribution in [3.05, 3.63) is 282 Å². The number of hydrogen-bond acceptors (Lipinski definition) is 8. The molecule has 0 N–H and O–H groups in total. The summed E-state index contributed by atoms with van der Waals surface area (Å²) >= 11 is 23.9. The van der Waals surface area contributed by atoms with Gasteiger partial charge in [-0.25, -0.2) is 0 Å². The number of alkyl halides is 1. The predicted octanol–water partition coefficient (Wildman–Crippen LogP) is 24.9. The first kappa shape index (κ1) is 71.7. The van der Waals surface area contributed by atoms with Crippen LogP contribution in [0.3, 0.4) is 0 Å². The first-order valence-electron chi connectivity index (χ1n) is 36.6. The molecule has 11 heteroatoms. The van der Waals surface area contributed by atoms with Gasteiger partial charge >= 0.3 is 0 Å². The van der Waals surface area contributed by atoms with Gasteiger partial charge < -0.3 is 0 Å². The van der Waals surface area contributed by atoms with Gasteiger partial charge in [-0.05, 0) is 203 Å². The lowest BCUT2D eigenvalue weighted by molar-refractivity contribution is -0.111. The number of halogens is 3. The molecule has 2 heterocycles. The van der Waals surface area contributed by atoms with E-state index in [1.165, 1.54) is 87.3 Å².